The Kier molecular flexibility index (Phi) is 5.56. The summed E-state index contributed by atoms with van der Waals surface area (Å²) in [5.74, 6) is -0.449. The van der Waals surface area contributed by atoms with Crippen LogP contribution in [0.1, 0.15) is 47.3 Å². The Hall–Kier alpha value is -2.67. The molecule has 3 aromatic rings. The van der Waals surface area contributed by atoms with Crippen LogP contribution in [0.2, 0.25) is 0 Å². The molecule has 0 atom stereocenters. The highest BCUT2D eigenvalue weighted by atomic mass is 32.1. The van der Waals surface area contributed by atoms with Crippen LogP contribution in [0, 0.1) is 13.8 Å². The van der Waals surface area contributed by atoms with E-state index < -0.39 is 0 Å². The van der Waals surface area contributed by atoms with Gasteiger partial charge in [0.05, 0.1) is 23.7 Å². The number of hydrogen-bond donors (Lipinski definition) is 2. The molecule has 0 saturated carbocycles. The van der Waals surface area contributed by atoms with Crippen molar-refractivity contribution in [3.63, 3.8) is 0 Å². The van der Waals surface area contributed by atoms with E-state index in [1.807, 2.05) is 38.4 Å². The van der Waals surface area contributed by atoms with Crippen molar-refractivity contribution in [1.29, 1.82) is 0 Å². The first-order chi connectivity index (χ1) is 13.1. The van der Waals surface area contributed by atoms with E-state index in [9.17, 15) is 9.59 Å². The zero-order valence-corrected chi connectivity index (χ0v) is 17.7. The molecule has 2 heterocycles. The quantitative estimate of drug-likeness (QED) is 0.692. The lowest BCUT2D eigenvalue weighted by Gasteiger charge is -2.20. The summed E-state index contributed by atoms with van der Waals surface area (Å²) in [5, 5.41) is 11.1. The number of aromatic nitrogens is 2. The number of amides is 2. The summed E-state index contributed by atoms with van der Waals surface area (Å²) < 4.78 is 1.93. The van der Waals surface area contributed by atoms with Crippen LogP contribution in [0.15, 0.2) is 30.3 Å². The third kappa shape index (κ3) is 4.78. The number of fused-ring (bicyclic) bond motifs is 1. The van der Waals surface area contributed by atoms with E-state index in [1.165, 1.54) is 16.9 Å². The fourth-order valence-electron chi connectivity index (χ4n) is 2.91. The molecule has 0 aliphatic carbocycles. The molecule has 0 bridgehead atoms. The molecule has 7 heteroatoms. The Bertz CT molecular complexity index is 1010. The lowest BCUT2D eigenvalue weighted by molar-refractivity contribution is -0.121. The SMILES string of the molecule is Cc1ccc(Cn2nc(C)c3cc(C(=O)NCC(=O)NC(C)(C)C)sc32)cc1. The Morgan fingerprint density at radius 1 is 1.14 bits per heavy atom. The fraction of sp³-hybridized carbons (Fsp3) is 0.381. The van der Waals surface area contributed by atoms with Gasteiger partial charge in [-0.3, -0.25) is 14.3 Å². The average molecular weight is 399 g/mol. The predicted octanol–water partition coefficient (Wildman–Crippen LogP) is 3.41. The molecule has 28 heavy (non-hydrogen) atoms. The van der Waals surface area contributed by atoms with Crippen LogP contribution >= 0.6 is 11.3 Å². The number of nitrogens with zero attached hydrogens (tertiary/aromatic N) is 2. The van der Waals surface area contributed by atoms with E-state index >= 15 is 0 Å². The van der Waals surface area contributed by atoms with Crippen molar-refractivity contribution in [2.75, 3.05) is 6.54 Å². The number of rotatable bonds is 5. The maximum atomic E-state index is 12.5. The van der Waals surface area contributed by atoms with Crippen LogP contribution in [0.5, 0.6) is 0 Å². The summed E-state index contributed by atoms with van der Waals surface area (Å²) in [6, 6.07) is 10.2. The lowest BCUT2D eigenvalue weighted by Crippen LogP contribution is -2.45. The van der Waals surface area contributed by atoms with Crippen molar-refractivity contribution in [2.24, 2.45) is 0 Å². The predicted molar refractivity (Wildman–Crippen MR) is 113 cm³/mol. The minimum atomic E-state index is -0.323. The number of benzene rings is 1. The monoisotopic (exact) mass is 398 g/mol. The average Bonchev–Trinajstić information content (AvgIpc) is 3.15. The molecule has 0 aliphatic heterocycles. The maximum Gasteiger partial charge on any atom is 0.261 e. The van der Waals surface area contributed by atoms with E-state index in [0.29, 0.717) is 11.4 Å². The second kappa shape index (κ2) is 7.75. The Morgan fingerprint density at radius 2 is 1.82 bits per heavy atom. The molecule has 3 rings (SSSR count). The zero-order chi connectivity index (χ0) is 20.5. The first kappa shape index (κ1) is 20.1. The summed E-state index contributed by atoms with van der Waals surface area (Å²) in [7, 11) is 0. The number of hydrogen-bond acceptors (Lipinski definition) is 4. The van der Waals surface area contributed by atoms with E-state index in [4.69, 9.17) is 0 Å². The summed E-state index contributed by atoms with van der Waals surface area (Å²) >= 11 is 1.40. The lowest BCUT2D eigenvalue weighted by atomic mass is 10.1. The standard InChI is InChI=1S/C21H26N4O2S/c1-13-6-8-15(9-7-13)12-25-20-16(14(2)24-25)10-17(28-20)19(27)22-11-18(26)23-21(3,4)5/h6-10H,11-12H2,1-5H3,(H,22,27)(H,23,26). The maximum absolute atomic E-state index is 12.5. The molecule has 0 fully saturated rings. The van der Waals surface area contributed by atoms with Gasteiger partial charge in [0, 0.05) is 10.9 Å². The summed E-state index contributed by atoms with van der Waals surface area (Å²) in [6.45, 7) is 10.3. The van der Waals surface area contributed by atoms with Crippen molar-refractivity contribution in [1.82, 2.24) is 20.4 Å². The van der Waals surface area contributed by atoms with Gasteiger partial charge in [-0.25, -0.2) is 0 Å². The zero-order valence-electron chi connectivity index (χ0n) is 16.9. The van der Waals surface area contributed by atoms with Crippen molar-refractivity contribution < 1.29 is 9.59 Å². The Morgan fingerprint density at radius 3 is 2.46 bits per heavy atom. The van der Waals surface area contributed by atoms with Crippen LogP contribution in [0.4, 0.5) is 0 Å². The van der Waals surface area contributed by atoms with Crippen molar-refractivity contribution in [3.05, 3.63) is 52.0 Å². The number of nitrogens with one attached hydrogen (secondary N) is 2. The summed E-state index contributed by atoms with van der Waals surface area (Å²) in [6.07, 6.45) is 0. The first-order valence-electron chi connectivity index (χ1n) is 9.24. The minimum Gasteiger partial charge on any atom is -0.350 e. The molecule has 2 amide bonds. The fourth-order valence-corrected chi connectivity index (χ4v) is 3.99. The van der Waals surface area contributed by atoms with Crippen molar-refractivity contribution in [3.8, 4) is 0 Å². The van der Waals surface area contributed by atoms with E-state index in [1.54, 1.807) is 0 Å². The topological polar surface area (TPSA) is 76.0 Å². The first-order valence-corrected chi connectivity index (χ1v) is 10.1. The van der Waals surface area contributed by atoms with Gasteiger partial charge in [0.25, 0.3) is 5.91 Å². The van der Waals surface area contributed by atoms with Gasteiger partial charge in [0.1, 0.15) is 4.83 Å². The summed E-state index contributed by atoms with van der Waals surface area (Å²) in [5.41, 5.74) is 2.95. The highest BCUT2D eigenvalue weighted by molar-refractivity contribution is 7.20. The van der Waals surface area contributed by atoms with E-state index in [2.05, 4.69) is 46.9 Å². The highest BCUT2D eigenvalue weighted by Gasteiger charge is 2.18. The van der Waals surface area contributed by atoms with Gasteiger partial charge in [-0.2, -0.15) is 5.10 Å². The number of carbonyl (C=O) groups is 2. The molecule has 2 aromatic heterocycles. The van der Waals surface area contributed by atoms with Gasteiger partial charge in [-0.1, -0.05) is 29.8 Å². The molecule has 0 saturated heterocycles. The van der Waals surface area contributed by atoms with Crippen LogP contribution in [0.3, 0.4) is 0 Å². The van der Waals surface area contributed by atoms with E-state index in [-0.39, 0.29) is 23.9 Å². The third-order valence-corrected chi connectivity index (χ3v) is 5.36. The van der Waals surface area contributed by atoms with Gasteiger partial charge >= 0.3 is 0 Å². The largest absolute Gasteiger partial charge is 0.350 e. The molecule has 0 unspecified atom stereocenters. The van der Waals surface area contributed by atoms with Crippen LogP contribution in [-0.4, -0.2) is 33.7 Å². The Balaban J connectivity index is 1.74. The second-order valence-electron chi connectivity index (χ2n) is 8.04. The van der Waals surface area contributed by atoms with Crippen LogP contribution in [0.25, 0.3) is 10.2 Å². The number of aryl methyl sites for hydroxylation is 2. The molecule has 1 aromatic carbocycles. The van der Waals surface area contributed by atoms with Gasteiger partial charge in [-0.15, -0.1) is 11.3 Å². The van der Waals surface area contributed by atoms with Gasteiger partial charge in [-0.05, 0) is 46.2 Å². The molecule has 6 nitrogen and oxygen atoms in total. The smallest absolute Gasteiger partial charge is 0.261 e. The molecule has 0 spiro atoms. The van der Waals surface area contributed by atoms with Gasteiger partial charge < -0.3 is 10.6 Å². The highest BCUT2D eigenvalue weighted by Crippen LogP contribution is 2.28. The van der Waals surface area contributed by atoms with Gasteiger partial charge in [0.2, 0.25) is 5.91 Å². The molecular weight excluding hydrogens is 372 g/mol. The third-order valence-electron chi connectivity index (χ3n) is 4.21. The second-order valence-corrected chi connectivity index (χ2v) is 9.07. The summed E-state index contributed by atoms with van der Waals surface area (Å²) in [4.78, 5) is 25.9. The number of carbonyl (C=O) groups excluding carboxylic acids is 2. The molecular formula is C21H26N4O2S. The van der Waals surface area contributed by atoms with E-state index in [0.717, 1.165) is 21.5 Å². The van der Waals surface area contributed by atoms with Crippen molar-refractivity contribution >= 4 is 33.4 Å². The molecule has 0 aliphatic rings. The van der Waals surface area contributed by atoms with Crippen LogP contribution < -0.4 is 10.6 Å². The normalized spacial score (nSPS) is 11.6. The Labute approximate surface area is 168 Å². The van der Waals surface area contributed by atoms with Crippen molar-refractivity contribution in [2.45, 2.75) is 46.7 Å². The molecule has 2 N–H and O–H groups in total. The molecule has 148 valence electrons. The number of thiophene rings is 1. The molecule has 0 radical (unpaired) electrons. The van der Waals surface area contributed by atoms with Gasteiger partial charge in [0.15, 0.2) is 0 Å². The minimum absolute atomic E-state index is 0.0428. The van der Waals surface area contributed by atoms with Crippen LogP contribution in [-0.2, 0) is 11.3 Å².